The van der Waals surface area contributed by atoms with Gasteiger partial charge in [0, 0.05) is 31.9 Å². The number of ketones is 1. The minimum atomic E-state index is -4.97. The number of alkyl halides is 8. The van der Waals surface area contributed by atoms with Gasteiger partial charge in [0.2, 0.25) is 11.6 Å². The van der Waals surface area contributed by atoms with Gasteiger partial charge in [0.25, 0.3) is 11.9 Å². The van der Waals surface area contributed by atoms with E-state index in [0.717, 1.165) is 67.7 Å². The van der Waals surface area contributed by atoms with Gasteiger partial charge in [0.05, 0.1) is 17.5 Å². The zero-order valence-corrected chi connectivity index (χ0v) is 45.1. The smallest absolute Gasteiger partial charge is 0.510 e. The normalized spacial score (nSPS) is 12.7. The summed E-state index contributed by atoms with van der Waals surface area (Å²) in [4.78, 5) is 65.8. The number of carbonyl (C=O) groups is 4. The first-order chi connectivity index (χ1) is 37.9. The Hall–Kier alpha value is -8.30. The number of nitrogens with one attached hydrogen (secondary N) is 2. The number of aliphatic hydroxyl groups is 1. The molecule has 0 radical (unpaired) electrons. The summed E-state index contributed by atoms with van der Waals surface area (Å²) in [6.45, 7) is 3.27. The van der Waals surface area contributed by atoms with Gasteiger partial charge in [0.1, 0.15) is 46.3 Å². The summed E-state index contributed by atoms with van der Waals surface area (Å²) in [6.07, 6.45) is -19.2. The second-order valence-corrected chi connectivity index (χ2v) is 16.9. The number of nitrogens with zero attached hydrogens (tertiary/aromatic N) is 2. The SMILES string of the molecule is CC(=O)CC(=O)N[C@](Cc1ccccc1)(c1ccc(F)cc1)c1cc(F)cc(OC(F)(F)C(F)F)c1.CC(=O)O.CC(O)=C(N=O)C(=O)N[C@](Cc1ccccc1)(c1ccc(F)cc1)c1cc(F)cc(OC(F)(F)C(F)F)c1.O=N[O-].[Na+]. The molecular formula is C54H45F12N4NaO11. The van der Waals surface area contributed by atoms with E-state index in [2.05, 4.69) is 25.3 Å². The van der Waals surface area contributed by atoms with Gasteiger partial charge in [0.15, 0.2) is 0 Å². The number of hydrogen-bond acceptors (Lipinski definition) is 12. The molecule has 82 heavy (non-hydrogen) atoms. The van der Waals surface area contributed by atoms with Crippen LogP contribution in [0.4, 0.5) is 52.7 Å². The maximum atomic E-state index is 14.7. The summed E-state index contributed by atoms with van der Waals surface area (Å²) in [5.74, 6) is -9.65. The Morgan fingerprint density at radius 1 is 0.549 bits per heavy atom. The van der Waals surface area contributed by atoms with E-state index in [4.69, 9.17) is 20.0 Å². The van der Waals surface area contributed by atoms with Crippen molar-refractivity contribution < 1.29 is 121 Å². The molecule has 6 aromatic rings. The van der Waals surface area contributed by atoms with E-state index >= 15 is 0 Å². The van der Waals surface area contributed by atoms with Crippen molar-refractivity contribution >= 4 is 23.6 Å². The Balaban J connectivity index is 0.000000498. The number of nitroso groups, excluding NO2 is 1. The number of halogens is 12. The van der Waals surface area contributed by atoms with Crippen LogP contribution < -0.4 is 49.7 Å². The van der Waals surface area contributed by atoms with Crippen molar-refractivity contribution in [1.82, 2.24) is 10.6 Å². The molecule has 0 spiro atoms. The maximum absolute atomic E-state index is 14.7. The zero-order valence-electron chi connectivity index (χ0n) is 43.1. The summed E-state index contributed by atoms with van der Waals surface area (Å²) in [7, 11) is 0. The number of amides is 2. The number of rotatable bonds is 20. The van der Waals surface area contributed by atoms with E-state index in [1.54, 1.807) is 60.7 Å². The van der Waals surface area contributed by atoms with Crippen LogP contribution in [0.25, 0.3) is 0 Å². The first-order valence-corrected chi connectivity index (χ1v) is 22.9. The number of carboxylic acid groups (broad SMARTS) is 1. The third kappa shape index (κ3) is 20.7. The number of allylic oxidation sites excluding steroid dienone is 1. The van der Waals surface area contributed by atoms with Crippen LogP contribution in [0.1, 0.15) is 60.6 Å². The predicted molar refractivity (Wildman–Crippen MR) is 266 cm³/mol. The van der Waals surface area contributed by atoms with Crippen molar-refractivity contribution in [2.24, 2.45) is 10.5 Å². The molecule has 432 valence electrons. The Labute approximate surface area is 480 Å². The molecule has 0 unspecified atom stereocenters. The molecule has 6 rings (SSSR count). The number of aliphatic hydroxyl groups excluding tert-OH is 1. The van der Waals surface area contributed by atoms with Crippen molar-refractivity contribution in [3.63, 3.8) is 0 Å². The molecule has 0 aliphatic rings. The van der Waals surface area contributed by atoms with Gasteiger partial charge < -0.3 is 40.4 Å². The number of carboxylic acids is 1. The minimum absolute atomic E-state index is 0. The Kier molecular flexibility index (Phi) is 26.9. The molecule has 6 aromatic carbocycles. The molecule has 2 atom stereocenters. The Morgan fingerprint density at radius 2 is 0.890 bits per heavy atom. The topological polar surface area (TPSA) is 233 Å². The van der Waals surface area contributed by atoms with E-state index in [0.29, 0.717) is 23.3 Å². The zero-order chi connectivity index (χ0) is 60.9. The molecule has 0 aliphatic heterocycles. The average molecular weight is 1180 g/mol. The second-order valence-electron chi connectivity index (χ2n) is 16.9. The van der Waals surface area contributed by atoms with Crippen LogP contribution in [0.2, 0.25) is 0 Å². The average Bonchev–Trinajstić information content (AvgIpc) is 3.38. The summed E-state index contributed by atoms with van der Waals surface area (Å²) in [6, 6.07) is 30.1. The number of Topliss-reactive ketones (excluding diaryl/α,β-unsaturated/α-hetero) is 1. The maximum Gasteiger partial charge on any atom is 1.00 e. The van der Waals surface area contributed by atoms with Crippen LogP contribution >= 0.6 is 0 Å². The number of benzene rings is 6. The van der Waals surface area contributed by atoms with Gasteiger partial charge in [-0.05, 0) is 101 Å². The van der Waals surface area contributed by atoms with Crippen molar-refractivity contribution in [2.75, 3.05) is 0 Å². The standard InChI is InChI=1S/C26H20F6N2O4.C26H21F6NO3.C2H4O2.HNO2.Na/c1-15(35)22(34-37)23(36)33-25(14-16-5-3-2-4-6-16,17-7-9-19(27)10-8-17)18-11-20(28)13-21(12-18)38-26(31,32)24(29)30;1-16(34)11-23(35)33-25(15-17-5-3-2-4-6-17,18-7-9-20(27)10-8-18)19-12-21(28)14-22(13-19)36-26(31,32)24(29)30;1-2(3)4;2-1-3;/h2-13,24,35H,14H2,1H3,(H,33,36);2-10,12-14,24H,11,15H2,1H3,(H,33,35);1H3,(H,3,4);(H,2,3);/q;;;;+1/p-1/t2*25-;;;/m11.../s1. The number of ether oxygens (including phenoxy) is 2. The third-order valence-corrected chi connectivity index (χ3v) is 10.8. The molecule has 0 aromatic heterocycles. The minimum Gasteiger partial charge on any atom is -0.510 e. The van der Waals surface area contributed by atoms with E-state index in [1.807, 2.05) is 0 Å². The number of hydrogen-bond donors (Lipinski definition) is 4. The molecule has 0 bridgehead atoms. The van der Waals surface area contributed by atoms with Crippen LogP contribution in [0.5, 0.6) is 11.5 Å². The first kappa shape index (κ1) is 69.8. The summed E-state index contributed by atoms with van der Waals surface area (Å²) in [5, 5.41) is 33.8. The summed E-state index contributed by atoms with van der Waals surface area (Å²) < 4.78 is 171. The Bertz CT molecular complexity index is 3130. The molecule has 28 heteroatoms. The molecule has 2 amide bonds. The van der Waals surface area contributed by atoms with Gasteiger partial charge in [-0.15, -0.1) is 10.2 Å². The van der Waals surface area contributed by atoms with Crippen LogP contribution in [-0.2, 0) is 43.1 Å². The molecule has 0 fully saturated rings. The Morgan fingerprint density at radius 3 is 1.20 bits per heavy atom. The first-order valence-electron chi connectivity index (χ1n) is 22.9. The molecule has 15 nitrogen and oxygen atoms in total. The third-order valence-electron chi connectivity index (χ3n) is 10.8. The van der Waals surface area contributed by atoms with Crippen LogP contribution in [-0.4, -0.2) is 58.8 Å². The van der Waals surface area contributed by atoms with Crippen molar-refractivity contribution in [1.29, 1.82) is 0 Å². The van der Waals surface area contributed by atoms with Gasteiger partial charge in [-0.25, -0.2) is 17.6 Å². The van der Waals surface area contributed by atoms with Gasteiger partial charge in [-0.1, -0.05) is 84.9 Å². The largest absolute Gasteiger partial charge is 1.00 e. The van der Waals surface area contributed by atoms with Crippen molar-refractivity contribution in [3.8, 4) is 11.5 Å². The summed E-state index contributed by atoms with van der Waals surface area (Å²) >= 11 is 0. The summed E-state index contributed by atoms with van der Waals surface area (Å²) in [5.41, 5.74) is -3.70. The molecule has 4 N–H and O–H groups in total. The second kappa shape index (κ2) is 31.6. The van der Waals surface area contributed by atoms with E-state index < -0.39 is 112 Å². The van der Waals surface area contributed by atoms with Gasteiger partial charge in [-0.2, -0.15) is 35.1 Å². The van der Waals surface area contributed by atoms with E-state index in [9.17, 15) is 77.1 Å². The molecule has 0 saturated carbocycles. The van der Waals surface area contributed by atoms with Crippen molar-refractivity contribution in [3.05, 3.63) is 229 Å². The number of aliphatic carboxylic acids is 1. The fourth-order valence-electron chi connectivity index (χ4n) is 7.56. The van der Waals surface area contributed by atoms with Gasteiger partial charge in [-0.3, -0.25) is 19.2 Å². The van der Waals surface area contributed by atoms with E-state index in [-0.39, 0.29) is 64.7 Å². The molecule has 0 heterocycles. The molecular weight excluding hydrogens is 1130 g/mol. The van der Waals surface area contributed by atoms with Gasteiger partial charge >= 0.3 is 54.6 Å². The van der Waals surface area contributed by atoms with Crippen molar-refractivity contribution in [2.45, 2.75) is 76.2 Å². The van der Waals surface area contributed by atoms with Crippen LogP contribution in [0.15, 0.2) is 168 Å². The fraction of sp³-hybridized carbons (Fsp3) is 0.222. The molecule has 0 saturated heterocycles. The molecule has 0 aliphatic carbocycles. The predicted octanol–water partition coefficient (Wildman–Crippen LogP) is 9.49. The van der Waals surface area contributed by atoms with Crippen LogP contribution in [0, 0.1) is 38.3 Å². The van der Waals surface area contributed by atoms with Crippen LogP contribution in [0.3, 0.4) is 0 Å². The quantitative estimate of drug-likeness (QED) is 0.0107. The van der Waals surface area contributed by atoms with E-state index in [1.165, 1.54) is 31.2 Å². The monoisotopic (exact) mass is 1180 g/mol. The number of carbonyl (C=O) groups excluding carboxylic acids is 3. The fourth-order valence-corrected chi connectivity index (χ4v) is 7.56.